The molecule has 31 heavy (non-hydrogen) atoms. The van der Waals surface area contributed by atoms with Crippen molar-refractivity contribution in [1.82, 2.24) is 10.2 Å². The maximum atomic E-state index is 13.7. The lowest BCUT2D eigenvalue weighted by atomic mass is 10.1. The van der Waals surface area contributed by atoms with Crippen molar-refractivity contribution < 1.29 is 32.2 Å². The van der Waals surface area contributed by atoms with Crippen molar-refractivity contribution in [2.75, 3.05) is 38.7 Å². The Bertz CT molecular complexity index is 987. The van der Waals surface area contributed by atoms with Gasteiger partial charge in [-0.2, -0.15) is 0 Å². The van der Waals surface area contributed by atoms with Gasteiger partial charge in [0, 0.05) is 0 Å². The quantitative estimate of drug-likeness (QED) is 0.651. The summed E-state index contributed by atoms with van der Waals surface area (Å²) in [5.74, 6) is -4.26. The molecule has 1 aliphatic rings. The topological polar surface area (TPSA) is 79.9 Å². The summed E-state index contributed by atoms with van der Waals surface area (Å²) in [5.41, 5.74) is 0.348. The number of anilines is 1. The van der Waals surface area contributed by atoms with Crippen molar-refractivity contribution in [1.29, 1.82) is 0 Å². The second kappa shape index (κ2) is 9.69. The largest absolute Gasteiger partial charge is 0.486 e. The molecule has 2 N–H and O–H groups in total. The lowest BCUT2D eigenvalue weighted by molar-refractivity contribution is -0.123. The zero-order valence-electron chi connectivity index (χ0n) is 17.0. The Morgan fingerprint density at radius 2 is 1.68 bits per heavy atom. The third-order valence-electron chi connectivity index (χ3n) is 4.58. The maximum absolute atomic E-state index is 13.7. The number of benzene rings is 2. The van der Waals surface area contributed by atoms with E-state index in [0.29, 0.717) is 30.8 Å². The minimum Gasteiger partial charge on any atom is -0.486 e. The molecule has 0 unspecified atom stereocenters. The molecule has 2 amide bonds. The van der Waals surface area contributed by atoms with E-state index in [9.17, 15) is 22.8 Å². The number of halogens is 3. The van der Waals surface area contributed by atoms with Crippen LogP contribution < -0.4 is 20.1 Å². The van der Waals surface area contributed by atoms with Crippen molar-refractivity contribution in [3.8, 4) is 11.5 Å². The van der Waals surface area contributed by atoms with E-state index in [1.165, 1.54) is 11.9 Å². The van der Waals surface area contributed by atoms with Crippen LogP contribution in [0.3, 0.4) is 0 Å². The number of likely N-dealkylation sites (N-methyl/N-ethyl adjacent to an activating group) is 1. The summed E-state index contributed by atoms with van der Waals surface area (Å²) < 4.78 is 50.9. The number of nitrogens with zero attached hydrogens (tertiary/aromatic N) is 1. The van der Waals surface area contributed by atoms with Crippen molar-refractivity contribution in [2.24, 2.45) is 0 Å². The molecule has 7 nitrogen and oxygen atoms in total. The number of hydrogen-bond donors (Lipinski definition) is 2. The van der Waals surface area contributed by atoms with Crippen molar-refractivity contribution in [3.05, 3.63) is 53.3 Å². The van der Waals surface area contributed by atoms with E-state index in [0.717, 1.165) is 11.6 Å². The normalized spacial score (nSPS) is 13.6. The molecule has 0 aromatic heterocycles. The van der Waals surface area contributed by atoms with E-state index in [-0.39, 0.29) is 25.0 Å². The van der Waals surface area contributed by atoms with Crippen molar-refractivity contribution in [2.45, 2.75) is 13.0 Å². The Morgan fingerprint density at radius 3 is 2.42 bits per heavy atom. The first kappa shape index (κ1) is 22.4. The van der Waals surface area contributed by atoms with Crippen molar-refractivity contribution >= 4 is 17.5 Å². The van der Waals surface area contributed by atoms with Crippen LogP contribution >= 0.6 is 0 Å². The van der Waals surface area contributed by atoms with Crippen LogP contribution in [0.1, 0.15) is 18.5 Å². The van der Waals surface area contributed by atoms with E-state index < -0.39 is 29.0 Å². The number of carbonyl (C=O) groups excluding carboxylic acids is 2. The summed E-state index contributed by atoms with van der Waals surface area (Å²) >= 11 is 0. The fraction of sp³-hybridized carbons (Fsp3) is 0.333. The van der Waals surface area contributed by atoms with E-state index in [1.807, 2.05) is 13.0 Å². The number of amides is 2. The molecule has 2 aromatic carbocycles. The molecule has 1 aliphatic heterocycles. The van der Waals surface area contributed by atoms with Gasteiger partial charge in [-0.15, -0.1) is 0 Å². The highest BCUT2D eigenvalue weighted by molar-refractivity contribution is 5.92. The molecule has 1 heterocycles. The van der Waals surface area contributed by atoms with Crippen LogP contribution in [0.5, 0.6) is 11.5 Å². The molecule has 0 aliphatic carbocycles. The Hall–Kier alpha value is -3.27. The molecular weight excluding hydrogens is 415 g/mol. The van der Waals surface area contributed by atoms with Gasteiger partial charge in [-0.3, -0.25) is 14.5 Å². The van der Waals surface area contributed by atoms with Gasteiger partial charge in [0.2, 0.25) is 11.8 Å². The second-order valence-corrected chi connectivity index (χ2v) is 7.14. The van der Waals surface area contributed by atoms with Gasteiger partial charge in [0.15, 0.2) is 29.0 Å². The van der Waals surface area contributed by atoms with Gasteiger partial charge in [-0.05, 0) is 43.8 Å². The number of nitrogens with one attached hydrogen (secondary N) is 2. The third-order valence-corrected chi connectivity index (χ3v) is 4.58. The molecule has 0 radical (unpaired) electrons. The van der Waals surface area contributed by atoms with E-state index in [1.54, 1.807) is 12.1 Å². The summed E-state index contributed by atoms with van der Waals surface area (Å²) in [6, 6.07) is 6.72. The average molecular weight is 437 g/mol. The lowest BCUT2D eigenvalue weighted by Crippen LogP contribution is -2.39. The van der Waals surface area contributed by atoms with Gasteiger partial charge >= 0.3 is 0 Å². The minimum absolute atomic E-state index is 0.109. The molecule has 10 heteroatoms. The summed E-state index contributed by atoms with van der Waals surface area (Å²) in [4.78, 5) is 25.8. The lowest BCUT2D eigenvalue weighted by Gasteiger charge is -2.22. The van der Waals surface area contributed by atoms with Gasteiger partial charge < -0.3 is 20.1 Å². The first-order chi connectivity index (χ1) is 14.7. The van der Waals surface area contributed by atoms with Crippen LogP contribution in [0.15, 0.2) is 30.3 Å². The standard InChI is InChI=1S/C21H22F3N3O4/c1-12(13-3-6-16-17(9-13)31-8-7-30-16)25-18(28)10-27(2)11-19(29)26-15-5-4-14(22)20(23)21(15)24/h3-6,9,12H,7-8,10-11H2,1-2H3,(H,25,28)(H,26,29)/t12-/m1/s1. The second-order valence-electron chi connectivity index (χ2n) is 7.14. The van der Waals surface area contributed by atoms with Gasteiger partial charge in [-0.25, -0.2) is 13.2 Å². The molecule has 1 atom stereocenters. The van der Waals surface area contributed by atoms with Crippen LogP contribution in [0.2, 0.25) is 0 Å². The SMILES string of the molecule is C[C@@H](NC(=O)CN(C)CC(=O)Nc1ccc(F)c(F)c1F)c1ccc2c(c1)OCCO2. The fourth-order valence-electron chi connectivity index (χ4n) is 3.06. The fourth-order valence-corrected chi connectivity index (χ4v) is 3.06. The van der Waals surface area contributed by atoms with Gasteiger partial charge in [0.1, 0.15) is 13.2 Å². The highest BCUT2D eigenvalue weighted by Crippen LogP contribution is 2.32. The zero-order valence-corrected chi connectivity index (χ0v) is 17.0. The first-order valence-electron chi connectivity index (χ1n) is 9.55. The molecular formula is C21H22F3N3O4. The van der Waals surface area contributed by atoms with Gasteiger partial charge in [0.05, 0.1) is 24.8 Å². The Balaban J connectivity index is 1.50. The highest BCUT2D eigenvalue weighted by atomic mass is 19.2. The van der Waals surface area contributed by atoms with Crippen LogP contribution in [0, 0.1) is 17.5 Å². The Kier molecular flexibility index (Phi) is 7.01. The zero-order chi connectivity index (χ0) is 22.5. The van der Waals surface area contributed by atoms with Crippen LogP contribution in [0.25, 0.3) is 0 Å². The monoisotopic (exact) mass is 437 g/mol. The molecule has 0 fully saturated rings. The van der Waals surface area contributed by atoms with E-state index in [2.05, 4.69) is 10.6 Å². The summed E-state index contributed by atoms with van der Waals surface area (Å²) in [7, 11) is 1.52. The number of hydrogen-bond acceptors (Lipinski definition) is 5. The van der Waals surface area contributed by atoms with Gasteiger partial charge in [0.25, 0.3) is 0 Å². The average Bonchev–Trinajstić information content (AvgIpc) is 2.73. The van der Waals surface area contributed by atoms with Crippen molar-refractivity contribution in [3.63, 3.8) is 0 Å². The Morgan fingerprint density at radius 1 is 1.00 bits per heavy atom. The van der Waals surface area contributed by atoms with Crippen LogP contribution in [-0.2, 0) is 9.59 Å². The smallest absolute Gasteiger partial charge is 0.238 e. The predicted molar refractivity (Wildman–Crippen MR) is 106 cm³/mol. The number of rotatable bonds is 7. The summed E-state index contributed by atoms with van der Waals surface area (Å²) in [6.45, 7) is 2.38. The van der Waals surface area contributed by atoms with Crippen LogP contribution in [0.4, 0.5) is 18.9 Å². The highest BCUT2D eigenvalue weighted by Gasteiger charge is 2.19. The summed E-state index contributed by atoms with van der Waals surface area (Å²) in [5, 5.41) is 4.98. The van der Waals surface area contributed by atoms with E-state index in [4.69, 9.17) is 9.47 Å². The molecule has 0 saturated carbocycles. The predicted octanol–water partition coefficient (Wildman–Crippen LogP) is 2.62. The maximum Gasteiger partial charge on any atom is 0.238 e. The Labute approximate surface area is 177 Å². The first-order valence-corrected chi connectivity index (χ1v) is 9.55. The minimum atomic E-state index is -1.67. The van der Waals surface area contributed by atoms with E-state index >= 15 is 0 Å². The number of fused-ring (bicyclic) bond motifs is 1. The molecule has 0 spiro atoms. The summed E-state index contributed by atoms with van der Waals surface area (Å²) in [6.07, 6.45) is 0. The molecule has 0 bridgehead atoms. The third kappa shape index (κ3) is 5.66. The van der Waals surface area contributed by atoms with Crippen LogP contribution in [-0.4, -0.2) is 50.1 Å². The molecule has 166 valence electrons. The van der Waals surface area contributed by atoms with Gasteiger partial charge in [-0.1, -0.05) is 6.07 Å². The molecule has 2 aromatic rings. The molecule has 3 rings (SSSR count). The molecule has 0 saturated heterocycles. The number of ether oxygens (including phenoxy) is 2. The number of carbonyl (C=O) groups is 2.